The van der Waals surface area contributed by atoms with Gasteiger partial charge in [0.25, 0.3) is 0 Å². The molecule has 1 amide bonds. The van der Waals surface area contributed by atoms with E-state index in [0.717, 1.165) is 24.3 Å². The lowest BCUT2D eigenvalue weighted by Gasteiger charge is -2.11. The van der Waals surface area contributed by atoms with Crippen LogP contribution in [0.1, 0.15) is 18.9 Å². The molecule has 0 saturated carbocycles. The number of halogens is 1. The van der Waals surface area contributed by atoms with Crippen LogP contribution in [0.4, 0.5) is 0 Å². The number of aliphatic imine (C=N–C) groups is 1. The van der Waals surface area contributed by atoms with E-state index < -0.39 is 0 Å². The van der Waals surface area contributed by atoms with Gasteiger partial charge in [-0.15, -0.1) is 24.0 Å². The number of ether oxygens (including phenoxy) is 1. The third-order valence-corrected chi connectivity index (χ3v) is 2.83. The van der Waals surface area contributed by atoms with Crippen LogP contribution in [-0.4, -0.2) is 39.1 Å². The van der Waals surface area contributed by atoms with Crippen molar-refractivity contribution in [1.29, 1.82) is 0 Å². The molecule has 124 valence electrons. The number of carbonyl (C=O) groups excluding carboxylic acids is 1. The molecule has 0 heterocycles. The zero-order valence-corrected chi connectivity index (χ0v) is 15.6. The topological polar surface area (TPSA) is 74.8 Å². The maximum atomic E-state index is 11.8. The number of nitrogens with one attached hydrogen (secondary N) is 3. The maximum absolute atomic E-state index is 11.8. The van der Waals surface area contributed by atoms with Gasteiger partial charge in [0.15, 0.2) is 5.96 Å². The van der Waals surface area contributed by atoms with Crippen molar-refractivity contribution in [3.63, 3.8) is 0 Å². The lowest BCUT2D eigenvalue weighted by Crippen LogP contribution is -2.43. The molecule has 0 spiro atoms. The Balaban J connectivity index is 0.00000441. The minimum atomic E-state index is -0.0785. The van der Waals surface area contributed by atoms with Gasteiger partial charge in [0, 0.05) is 20.1 Å². The van der Waals surface area contributed by atoms with Gasteiger partial charge in [-0.05, 0) is 24.1 Å². The number of amides is 1. The van der Waals surface area contributed by atoms with Gasteiger partial charge in [0.1, 0.15) is 5.75 Å². The maximum Gasteiger partial charge on any atom is 0.239 e. The normalized spacial score (nSPS) is 10.4. The molecule has 0 aliphatic heterocycles. The number of rotatable bonds is 7. The van der Waals surface area contributed by atoms with E-state index in [-0.39, 0.29) is 36.4 Å². The second kappa shape index (κ2) is 12.1. The molecule has 6 nitrogen and oxygen atoms in total. The summed E-state index contributed by atoms with van der Waals surface area (Å²) in [6, 6.07) is 7.59. The first-order valence-corrected chi connectivity index (χ1v) is 7.03. The Kier molecular flexibility index (Phi) is 11.2. The molecule has 0 fully saturated rings. The second-order valence-electron chi connectivity index (χ2n) is 4.48. The van der Waals surface area contributed by atoms with Crippen molar-refractivity contribution < 1.29 is 9.53 Å². The summed E-state index contributed by atoms with van der Waals surface area (Å²) in [7, 11) is 3.31. The summed E-state index contributed by atoms with van der Waals surface area (Å²) in [5.74, 6) is 1.36. The van der Waals surface area contributed by atoms with E-state index in [9.17, 15) is 4.79 Å². The van der Waals surface area contributed by atoms with Gasteiger partial charge >= 0.3 is 0 Å². The predicted octanol–water partition coefficient (Wildman–Crippen LogP) is 1.50. The second-order valence-corrected chi connectivity index (χ2v) is 4.48. The fraction of sp³-hybridized carbons (Fsp3) is 0.467. The average molecular weight is 420 g/mol. The van der Waals surface area contributed by atoms with Gasteiger partial charge in [-0.1, -0.05) is 19.1 Å². The van der Waals surface area contributed by atoms with Gasteiger partial charge in [0.2, 0.25) is 5.91 Å². The summed E-state index contributed by atoms with van der Waals surface area (Å²) in [6.45, 7) is 3.58. The van der Waals surface area contributed by atoms with E-state index in [4.69, 9.17) is 4.74 Å². The van der Waals surface area contributed by atoms with Crippen molar-refractivity contribution in [2.45, 2.75) is 19.9 Å². The van der Waals surface area contributed by atoms with E-state index in [2.05, 4.69) is 27.9 Å². The Morgan fingerprint density at radius 2 is 1.86 bits per heavy atom. The van der Waals surface area contributed by atoms with Crippen molar-refractivity contribution in [2.75, 3.05) is 27.2 Å². The number of carbonyl (C=O) groups is 1. The third-order valence-electron chi connectivity index (χ3n) is 2.83. The monoisotopic (exact) mass is 420 g/mol. The predicted molar refractivity (Wildman–Crippen MR) is 99.9 cm³/mol. The van der Waals surface area contributed by atoms with Crippen molar-refractivity contribution in [3.05, 3.63) is 29.8 Å². The molecular weight excluding hydrogens is 395 g/mol. The molecular formula is C15H25IN4O2. The van der Waals surface area contributed by atoms with Gasteiger partial charge in [-0.3, -0.25) is 9.79 Å². The molecule has 0 radical (unpaired) electrons. The standard InChI is InChI=1S/C15H24N4O2.HI/c1-4-9-17-15(16-2)19-11-14(20)18-10-12-5-7-13(21-3)8-6-12;/h5-8H,4,9-11H2,1-3H3,(H,18,20)(H2,16,17,19);1H. The van der Waals surface area contributed by atoms with Crippen LogP contribution in [0.2, 0.25) is 0 Å². The zero-order chi connectivity index (χ0) is 15.5. The third kappa shape index (κ3) is 8.06. The number of hydrogen-bond donors (Lipinski definition) is 3. The minimum absolute atomic E-state index is 0. The van der Waals surface area contributed by atoms with Crippen LogP contribution in [-0.2, 0) is 11.3 Å². The van der Waals surface area contributed by atoms with E-state index in [1.165, 1.54) is 0 Å². The minimum Gasteiger partial charge on any atom is -0.497 e. The van der Waals surface area contributed by atoms with E-state index in [1.807, 2.05) is 24.3 Å². The van der Waals surface area contributed by atoms with Gasteiger partial charge in [-0.2, -0.15) is 0 Å². The average Bonchev–Trinajstić information content (AvgIpc) is 2.53. The van der Waals surface area contributed by atoms with Gasteiger partial charge in [0.05, 0.1) is 13.7 Å². The Morgan fingerprint density at radius 1 is 1.18 bits per heavy atom. The highest BCUT2D eigenvalue weighted by atomic mass is 127. The van der Waals surface area contributed by atoms with Crippen molar-refractivity contribution in [2.24, 2.45) is 4.99 Å². The number of hydrogen-bond acceptors (Lipinski definition) is 3. The van der Waals surface area contributed by atoms with Crippen molar-refractivity contribution >= 4 is 35.8 Å². The summed E-state index contributed by atoms with van der Waals surface area (Å²) in [6.07, 6.45) is 1.00. The van der Waals surface area contributed by atoms with Crippen LogP contribution < -0.4 is 20.7 Å². The highest BCUT2D eigenvalue weighted by Crippen LogP contribution is 2.10. The van der Waals surface area contributed by atoms with Gasteiger partial charge in [-0.25, -0.2) is 0 Å². The molecule has 1 aromatic rings. The molecule has 0 saturated heterocycles. The Hall–Kier alpha value is -1.51. The first-order valence-electron chi connectivity index (χ1n) is 7.03. The van der Waals surface area contributed by atoms with Crippen LogP contribution in [0.25, 0.3) is 0 Å². The molecule has 22 heavy (non-hydrogen) atoms. The number of guanidine groups is 1. The molecule has 0 bridgehead atoms. The largest absolute Gasteiger partial charge is 0.497 e. The first kappa shape index (κ1) is 20.5. The molecule has 0 aliphatic rings. The van der Waals surface area contributed by atoms with E-state index in [1.54, 1.807) is 14.2 Å². The zero-order valence-electron chi connectivity index (χ0n) is 13.3. The highest BCUT2D eigenvalue weighted by Gasteiger charge is 2.03. The molecule has 3 N–H and O–H groups in total. The van der Waals surface area contributed by atoms with Crippen LogP contribution >= 0.6 is 24.0 Å². The molecule has 7 heteroatoms. The number of nitrogens with zero attached hydrogens (tertiary/aromatic N) is 1. The summed E-state index contributed by atoms with van der Waals surface area (Å²) in [5.41, 5.74) is 1.03. The molecule has 0 aliphatic carbocycles. The lowest BCUT2D eigenvalue weighted by molar-refractivity contribution is -0.120. The quantitative estimate of drug-likeness (QED) is 0.355. The summed E-state index contributed by atoms with van der Waals surface area (Å²) < 4.78 is 5.09. The summed E-state index contributed by atoms with van der Waals surface area (Å²) in [4.78, 5) is 15.8. The van der Waals surface area contributed by atoms with Crippen LogP contribution in [0.3, 0.4) is 0 Å². The first-order chi connectivity index (χ1) is 10.2. The van der Waals surface area contributed by atoms with E-state index in [0.29, 0.717) is 12.5 Å². The summed E-state index contributed by atoms with van der Waals surface area (Å²) in [5, 5.41) is 8.92. The molecule has 0 aromatic heterocycles. The number of methoxy groups -OCH3 is 1. The van der Waals surface area contributed by atoms with Crippen molar-refractivity contribution in [1.82, 2.24) is 16.0 Å². The van der Waals surface area contributed by atoms with Crippen LogP contribution in [0, 0.1) is 0 Å². The fourth-order valence-corrected chi connectivity index (χ4v) is 1.63. The SMILES string of the molecule is CCCNC(=NC)NCC(=O)NCc1ccc(OC)cc1.I. The molecule has 1 rings (SSSR count). The van der Waals surface area contributed by atoms with Crippen LogP contribution in [0.5, 0.6) is 5.75 Å². The van der Waals surface area contributed by atoms with Gasteiger partial charge < -0.3 is 20.7 Å². The molecule has 0 atom stereocenters. The lowest BCUT2D eigenvalue weighted by atomic mass is 10.2. The number of benzene rings is 1. The molecule has 1 aromatic carbocycles. The van der Waals surface area contributed by atoms with E-state index >= 15 is 0 Å². The summed E-state index contributed by atoms with van der Waals surface area (Å²) >= 11 is 0. The van der Waals surface area contributed by atoms with Crippen molar-refractivity contribution in [3.8, 4) is 5.75 Å². The Labute approximate surface area is 149 Å². The highest BCUT2D eigenvalue weighted by molar-refractivity contribution is 14.0. The van der Waals surface area contributed by atoms with Crippen LogP contribution in [0.15, 0.2) is 29.3 Å². The Bertz CT molecular complexity index is 463. The Morgan fingerprint density at radius 3 is 2.41 bits per heavy atom. The smallest absolute Gasteiger partial charge is 0.239 e. The fourth-order valence-electron chi connectivity index (χ4n) is 1.63. The molecule has 0 unspecified atom stereocenters.